The first kappa shape index (κ1) is 32.0. The Morgan fingerprint density at radius 2 is 1.48 bits per heavy atom. The Bertz CT molecular complexity index is 1200. The lowest BCUT2D eigenvalue weighted by Crippen LogP contribution is -2.55. The lowest BCUT2D eigenvalue weighted by atomic mass is 9.70. The molecule has 1 heterocycles. The van der Waals surface area contributed by atoms with E-state index in [2.05, 4.69) is 0 Å². The number of benzene rings is 2. The van der Waals surface area contributed by atoms with Gasteiger partial charge in [-0.1, -0.05) is 50.3 Å². The van der Waals surface area contributed by atoms with Crippen molar-refractivity contribution in [2.24, 2.45) is 0 Å². The zero-order valence-electron chi connectivity index (χ0n) is 23.5. The van der Waals surface area contributed by atoms with Crippen LogP contribution in [0.4, 0.5) is 26.3 Å². The van der Waals surface area contributed by atoms with Crippen LogP contribution >= 0.6 is 0 Å². The number of ether oxygens (including phenoxy) is 3. The third kappa shape index (κ3) is 6.34. The molecule has 0 aromatic heterocycles. The highest BCUT2D eigenvalue weighted by molar-refractivity contribution is 5.57. The largest absolute Gasteiger partial charge is 0.491 e. The molecule has 0 amide bonds. The smallest absolute Gasteiger partial charge is 0.430 e. The van der Waals surface area contributed by atoms with E-state index in [0.717, 1.165) is 16.7 Å². The molecule has 0 aliphatic carbocycles. The monoisotopic (exact) mass is 574 g/mol. The fourth-order valence-electron chi connectivity index (χ4n) is 5.09. The second-order valence-electron chi connectivity index (χ2n) is 10.7. The highest BCUT2D eigenvalue weighted by Crippen LogP contribution is 2.45. The van der Waals surface area contributed by atoms with E-state index < -0.39 is 29.2 Å². The van der Waals surface area contributed by atoms with Crippen LogP contribution in [0.15, 0.2) is 42.5 Å². The fraction of sp³-hybridized carbons (Fsp3) is 0.533. The minimum absolute atomic E-state index is 0.137. The maximum absolute atomic E-state index is 13.1. The molecule has 0 spiro atoms. The van der Waals surface area contributed by atoms with Crippen molar-refractivity contribution in [2.45, 2.75) is 89.6 Å². The standard InChI is InChI=1S/C30H36F6O4/c1-7-27(8-2,23-11-12-25(20(4)16-23)38-17-24-18-39-26(5,6)40-24)22-10-9-21(19(3)15-22)13-14-28(37,29(31,32)33)30(34,35)36/h9-16,24,37H,7-8,17-18H2,1-6H3. The van der Waals surface area contributed by atoms with Gasteiger partial charge in [-0.2, -0.15) is 26.3 Å². The molecule has 3 rings (SSSR count). The van der Waals surface area contributed by atoms with Gasteiger partial charge in [-0.05, 0) is 80.5 Å². The van der Waals surface area contributed by atoms with Gasteiger partial charge in [0, 0.05) is 5.41 Å². The highest BCUT2D eigenvalue weighted by atomic mass is 19.4. The van der Waals surface area contributed by atoms with Crippen LogP contribution in [-0.4, -0.2) is 48.2 Å². The van der Waals surface area contributed by atoms with Crippen LogP contribution in [0.3, 0.4) is 0 Å². The fourth-order valence-corrected chi connectivity index (χ4v) is 5.09. The molecule has 1 aliphatic rings. The maximum atomic E-state index is 13.1. The molecule has 2 aromatic carbocycles. The molecule has 1 N–H and O–H groups in total. The van der Waals surface area contributed by atoms with E-state index in [1.165, 1.54) is 6.07 Å². The lowest BCUT2D eigenvalue weighted by molar-refractivity contribution is -0.347. The zero-order chi connectivity index (χ0) is 30.1. The SMILES string of the molecule is CCC(CC)(c1ccc(C=CC(O)(C(F)(F)F)C(F)(F)F)c(C)c1)c1ccc(OCC2COC(C)(C)O2)c(C)c1. The molecular weight excluding hydrogens is 538 g/mol. The molecule has 1 unspecified atom stereocenters. The second-order valence-corrected chi connectivity index (χ2v) is 10.7. The first-order valence-electron chi connectivity index (χ1n) is 13.1. The van der Waals surface area contributed by atoms with Crippen LogP contribution < -0.4 is 4.74 Å². The van der Waals surface area contributed by atoms with Crippen LogP contribution in [0, 0.1) is 13.8 Å². The Balaban J connectivity index is 1.89. The zero-order valence-corrected chi connectivity index (χ0v) is 23.5. The van der Waals surface area contributed by atoms with Crippen molar-refractivity contribution in [3.05, 3.63) is 70.3 Å². The van der Waals surface area contributed by atoms with Gasteiger partial charge in [-0.15, -0.1) is 0 Å². The van der Waals surface area contributed by atoms with Crippen molar-refractivity contribution in [1.29, 1.82) is 0 Å². The average Bonchev–Trinajstić information content (AvgIpc) is 3.20. The summed E-state index contributed by atoms with van der Waals surface area (Å²) < 4.78 is 95.8. The molecule has 10 heteroatoms. The van der Waals surface area contributed by atoms with Crippen LogP contribution in [-0.2, 0) is 14.9 Å². The van der Waals surface area contributed by atoms with Crippen molar-refractivity contribution in [3.63, 3.8) is 0 Å². The van der Waals surface area contributed by atoms with Gasteiger partial charge in [0.2, 0.25) is 0 Å². The quantitative estimate of drug-likeness (QED) is 0.311. The molecule has 222 valence electrons. The van der Waals surface area contributed by atoms with Gasteiger partial charge in [0.25, 0.3) is 5.60 Å². The summed E-state index contributed by atoms with van der Waals surface area (Å²) in [6, 6.07) is 10.9. The van der Waals surface area contributed by atoms with E-state index in [1.807, 2.05) is 52.8 Å². The third-order valence-electron chi connectivity index (χ3n) is 7.62. The van der Waals surface area contributed by atoms with Crippen LogP contribution in [0.5, 0.6) is 5.75 Å². The Morgan fingerprint density at radius 3 is 1.93 bits per heavy atom. The molecule has 40 heavy (non-hydrogen) atoms. The molecule has 1 atom stereocenters. The number of alkyl halides is 6. The number of hydrogen-bond acceptors (Lipinski definition) is 4. The van der Waals surface area contributed by atoms with Gasteiger partial charge in [-0.25, -0.2) is 0 Å². The molecule has 1 saturated heterocycles. The van der Waals surface area contributed by atoms with E-state index in [9.17, 15) is 31.4 Å². The summed E-state index contributed by atoms with van der Waals surface area (Å²) in [7, 11) is 0. The third-order valence-corrected chi connectivity index (χ3v) is 7.62. The first-order valence-corrected chi connectivity index (χ1v) is 13.1. The summed E-state index contributed by atoms with van der Waals surface area (Å²) in [6.07, 6.45) is -10.2. The Labute approximate surface area is 230 Å². The average molecular weight is 575 g/mol. The van der Waals surface area contributed by atoms with E-state index in [0.29, 0.717) is 43.4 Å². The van der Waals surface area contributed by atoms with Gasteiger partial charge in [0.05, 0.1) is 6.61 Å². The molecule has 0 saturated carbocycles. The summed E-state index contributed by atoms with van der Waals surface area (Å²) in [4.78, 5) is 0. The molecule has 1 aliphatic heterocycles. The predicted octanol–water partition coefficient (Wildman–Crippen LogP) is 7.81. The maximum Gasteiger partial charge on any atom is 0.430 e. The highest BCUT2D eigenvalue weighted by Gasteiger charge is 2.69. The summed E-state index contributed by atoms with van der Waals surface area (Å²) in [5, 5.41) is 9.46. The summed E-state index contributed by atoms with van der Waals surface area (Å²) in [5.74, 6) is 0.0625. The minimum Gasteiger partial charge on any atom is -0.491 e. The van der Waals surface area contributed by atoms with Crippen molar-refractivity contribution in [2.75, 3.05) is 13.2 Å². The number of aliphatic hydroxyl groups is 1. The van der Waals surface area contributed by atoms with Gasteiger partial charge in [0.1, 0.15) is 18.5 Å². The molecular formula is C30H36F6O4. The molecule has 4 nitrogen and oxygen atoms in total. The van der Waals surface area contributed by atoms with Gasteiger partial charge in [-0.3, -0.25) is 0 Å². The Morgan fingerprint density at radius 1 is 0.925 bits per heavy atom. The summed E-state index contributed by atoms with van der Waals surface area (Å²) >= 11 is 0. The van der Waals surface area contributed by atoms with E-state index in [4.69, 9.17) is 14.2 Å². The van der Waals surface area contributed by atoms with Crippen molar-refractivity contribution in [3.8, 4) is 5.75 Å². The summed E-state index contributed by atoms with van der Waals surface area (Å²) in [5.41, 5.74) is -1.99. The van der Waals surface area contributed by atoms with Gasteiger partial charge < -0.3 is 19.3 Å². The number of rotatable bonds is 9. The van der Waals surface area contributed by atoms with E-state index in [1.54, 1.807) is 19.1 Å². The van der Waals surface area contributed by atoms with Gasteiger partial charge >= 0.3 is 12.4 Å². The van der Waals surface area contributed by atoms with Gasteiger partial charge in [0.15, 0.2) is 5.79 Å². The van der Waals surface area contributed by atoms with Crippen LogP contribution in [0.1, 0.15) is 68.4 Å². The first-order chi connectivity index (χ1) is 18.4. The van der Waals surface area contributed by atoms with Crippen molar-refractivity contribution < 1.29 is 45.7 Å². The van der Waals surface area contributed by atoms with Crippen molar-refractivity contribution in [1.82, 2.24) is 0 Å². The normalized spacial score (nSPS) is 18.5. The number of halogens is 6. The molecule has 1 fully saturated rings. The number of hydrogen-bond donors (Lipinski definition) is 1. The van der Waals surface area contributed by atoms with E-state index in [-0.39, 0.29) is 17.7 Å². The Hall–Kier alpha value is -2.56. The number of aryl methyl sites for hydroxylation is 2. The second kappa shape index (κ2) is 11.4. The summed E-state index contributed by atoms with van der Waals surface area (Å²) in [6.45, 7) is 12.1. The molecule has 0 radical (unpaired) electrons. The lowest BCUT2D eigenvalue weighted by Gasteiger charge is -2.34. The Kier molecular flexibility index (Phi) is 9.09. The minimum atomic E-state index is -5.92. The van der Waals surface area contributed by atoms with Crippen molar-refractivity contribution >= 4 is 6.08 Å². The van der Waals surface area contributed by atoms with Crippen LogP contribution in [0.2, 0.25) is 0 Å². The van der Waals surface area contributed by atoms with Crippen LogP contribution in [0.25, 0.3) is 6.08 Å². The molecule has 2 aromatic rings. The molecule has 0 bridgehead atoms. The van der Waals surface area contributed by atoms with E-state index >= 15 is 0 Å². The predicted molar refractivity (Wildman–Crippen MR) is 140 cm³/mol. The topological polar surface area (TPSA) is 47.9 Å².